The first-order valence-corrected chi connectivity index (χ1v) is 7.64. The lowest BCUT2D eigenvalue weighted by molar-refractivity contribution is -0.134. The van der Waals surface area contributed by atoms with Gasteiger partial charge in [-0.05, 0) is 30.6 Å². The molecule has 1 rings (SSSR count). The molecule has 3 N–H and O–H groups in total. The van der Waals surface area contributed by atoms with Gasteiger partial charge in [-0.25, -0.2) is 0 Å². The van der Waals surface area contributed by atoms with E-state index >= 15 is 0 Å². The summed E-state index contributed by atoms with van der Waals surface area (Å²) < 4.78 is 0. The summed E-state index contributed by atoms with van der Waals surface area (Å²) in [6.07, 6.45) is 2.12. The van der Waals surface area contributed by atoms with Crippen molar-refractivity contribution in [3.8, 4) is 0 Å². The van der Waals surface area contributed by atoms with E-state index in [9.17, 15) is 9.59 Å². The van der Waals surface area contributed by atoms with E-state index in [0.717, 1.165) is 25.9 Å². The Hall–Kier alpha value is -1.10. The first-order valence-electron chi connectivity index (χ1n) is 7.64. The van der Waals surface area contributed by atoms with Crippen LogP contribution >= 0.6 is 0 Å². The lowest BCUT2D eigenvalue weighted by Crippen LogP contribution is -2.49. The zero-order valence-corrected chi connectivity index (χ0v) is 13.2. The van der Waals surface area contributed by atoms with Gasteiger partial charge >= 0.3 is 0 Å². The van der Waals surface area contributed by atoms with Crippen LogP contribution in [0.3, 0.4) is 0 Å². The van der Waals surface area contributed by atoms with Crippen molar-refractivity contribution in [1.82, 2.24) is 10.2 Å². The van der Waals surface area contributed by atoms with E-state index in [2.05, 4.69) is 19.2 Å². The molecule has 2 amide bonds. The van der Waals surface area contributed by atoms with Gasteiger partial charge in [-0.15, -0.1) is 0 Å². The summed E-state index contributed by atoms with van der Waals surface area (Å²) in [7, 11) is 0. The van der Waals surface area contributed by atoms with Crippen LogP contribution in [0.15, 0.2) is 0 Å². The number of rotatable bonds is 5. The second-order valence-corrected chi connectivity index (χ2v) is 6.45. The Kier molecular flexibility index (Phi) is 6.46. The van der Waals surface area contributed by atoms with Crippen LogP contribution in [0.5, 0.6) is 0 Å². The summed E-state index contributed by atoms with van der Waals surface area (Å²) in [4.78, 5) is 25.6. The molecule has 20 heavy (non-hydrogen) atoms. The highest BCUT2D eigenvalue weighted by atomic mass is 16.2. The number of hydrogen-bond donors (Lipinski definition) is 2. The average Bonchev–Trinajstić information content (AvgIpc) is 2.43. The second-order valence-electron chi connectivity index (χ2n) is 6.45. The van der Waals surface area contributed by atoms with E-state index in [4.69, 9.17) is 5.73 Å². The highest BCUT2D eigenvalue weighted by Gasteiger charge is 2.25. The van der Waals surface area contributed by atoms with E-state index in [1.54, 1.807) is 0 Å². The maximum Gasteiger partial charge on any atom is 0.241 e. The molecule has 0 bridgehead atoms. The summed E-state index contributed by atoms with van der Waals surface area (Å²) in [5, 5.41) is 2.64. The van der Waals surface area contributed by atoms with Gasteiger partial charge in [0.25, 0.3) is 0 Å². The molecule has 5 heteroatoms. The van der Waals surface area contributed by atoms with Crippen molar-refractivity contribution in [2.45, 2.75) is 46.6 Å². The third kappa shape index (κ3) is 4.78. The normalized spacial score (nSPS) is 18.4. The fourth-order valence-electron chi connectivity index (χ4n) is 2.51. The SMILES string of the molecule is CC(C)C1CCN(C(=O)CNC(=O)[C@@H](N)C(C)C)CC1. The Balaban J connectivity index is 2.32. The van der Waals surface area contributed by atoms with Crippen molar-refractivity contribution < 1.29 is 9.59 Å². The van der Waals surface area contributed by atoms with E-state index in [-0.39, 0.29) is 24.3 Å². The zero-order chi connectivity index (χ0) is 15.3. The molecule has 0 saturated carbocycles. The molecular weight excluding hydrogens is 254 g/mol. The lowest BCUT2D eigenvalue weighted by atomic mass is 9.87. The first-order chi connectivity index (χ1) is 9.32. The van der Waals surface area contributed by atoms with Gasteiger partial charge in [-0.3, -0.25) is 9.59 Å². The molecule has 116 valence electrons. The van der Waals surface area contributed by atoms with Gasteiger partial charge in [-0.1, -0.05) is 27.7 Å². The molecule has 1 aliphatic heterocycles. The predicted molar refractivity (Wildman–Crippen MR) is 80.0 cm³/mol. The van der Waals surface area contributed by atoms with E-state index in [1.165, 1.54) is 0 Å². The average molecular weight is 283 g/mol. The Morgan fingerprint density at radius 3 is 2.20 bits per heavy atom. The maximum atomic E-state index is 12.0. The smallest absolute Gasteiger partial charge is 0.241 e. The number of hydrogen-bond acceptors (Lipinski definition) is 3. The number of carbonyl (C=O) groups excluding carboxylic acids is 2. The Morgan fingerprint density at radius 1 is 1.20 bits per heavy atom. The van der Waals surface area contributed by atoms with Crippen LogP contribution in [-0.2, 0) is 9.59 Å². The molecule has 1 saturated heterocycles. The van der Waals surface area contributed by atoms with Crippen molar-refractivity contribution in [2.75, 3.05) is 19.6 Å². The molecule has 1 atom stereocenters. The standard InChI is InChI=1S/C15H29N3O2/c1-10(2)12-5-7-18(8-6-12)13(19)9-17-15(20)14(16)11(3)4/h10-12,14H,5-9,16H2,1-4H3,(H,17,20)/t14-/m0/s1. The number of nitrogens with one attached hydrogen (secondary N) is 1. The van der Waals surface area contributed by atoms with E-state index in [0.29, 0.717) is 11.8 Å². The molecule has 1 heterocycles. The highest BCUT2D eigenvalue weighted by Crippen LogP contribution is 2.24. The van der Waals surface area contributed by atoms with Crippen molar-refractivity contribution in [3.05, 3.63) is 0 Å². The molecule has 1 fully saturated rings. The van der Waals surface area contributed by atoms with Crippen molar-refractivity contribution >= 4 is 11.8 Å². The minimum atomic E-state index is -0.547. The molecule has 0 aromatic carbocycles. The number of nitrogens with zero attached hydrogens (tertiary/aromatic N) is 1. The summed E-state index contributed by atoms with van der Waals surface area (Å²) in [6.45, 7) is 9.91. The number of nitrogens with two attached hydrogens (primary N) is 1. The first kappa shape index (κ1) is 17.0. The topological polar surface area (TPSA) is 75.4 Å². The number of amides is 2. The summed E-state index contributed by atoms with van der Waals surface area (Å²) >= 11 is 0. The van der Waals surface area contributed by atoms with Crippen LogP contribution in [-0.4, -0.2) is 42.4 Å². The predicted octanol–water partition coefficient (Wildman–Crippen LogP) is 0.981. The van der Waals surface area contributed by atoms with Gasteiger partial charge in [0.1, 0.15) is 0 Å². The monoisotopic (exact) mass is 283 g/mol. The number of likely N-dealkylation sites (tertiary alicyclic amines) is 1. The van der Waals surface area contributed by atoms with Crippen molar-refractivity contribution in [1.29, 1.82) is 0 Å². The minimum absolute atomic E-state index is 0.00323. The third-order valence-electron chi connectivity index (χ3n) is 4.27. The van der Waals surface area contributed by atoms with Gasteiger partial charge < -0.3 is 16.0 Å². The van der Waals surface area contributed by atoms with Crippen molar-refractivity contribution in [2.24, 2.45) is 23.5 Å². The molecular formula is C15H29N3O2. The largest absolute Gasteiger partial charge is 0.346 e. The fraction of sp³-hybridized carbons (Fsp3) is 0.867. The van der Waals surface area contributed by atoms with Crippen LogP contribution < -0.4 is 11.1 Å². The maximum absolute atomic E-state index is 12.0. The second kappa shape index (κ2) is 7.62. The Bertz CT molecular complexity index is 334. The summed E-state index contributed by atoms with van der Waals surface area (Å²) in [5.74, 6) is 1.22. The van der Waals surface area contributed by atoms with Gasteiger partial charge in [0.15, 0.2) is 0 Å². The van der Waals surface area contributed by atoms with Crippen molar-refractivity contribution in [3.63, 3.8) is 0 Å². The zero-order valence-electron chi connectivity index (χ0n) is 13.2. The molecule has 0 aromatic rings. The van der Waals surface area contributed by atoms with Crippen LogP contribution in [0, 0.1) is 17.8 Å². The number of piperidine rings is 1. The molecule has 5 nitrogen and oxygen atoms in total. The minimum Gasteiger partial charge on any atom is -0.346 e. The van der Waals surface area contributed by atoms with Crippen LogP contribution in [0.1, 0.15) is 40.5 Å². The molecule has 0 spiro atoms. The van der Waals surface area contributed by atoms with Gasteiger partial charge in [-0.2, -0.15) is 0 Å². The molecule has 0 aromatic heterocycles. The third-order valence-corrected chi connectivity index (χ3v) is 4.27. The Labute approximate surface area is 122 Å². The summed E-state index contributed by atoms with van der Waals surface area (Å²) in [6, 6.07) is -0.547. The molecule has 1 aliphatic rings. The van der Waals surface area contributed by atoms with Gasteiger partial charge in [0.2, 0.25) is 11.8 Å². The number of carbonyl (C=O) groups is 2. The molecule has 0 radical (unpaired) electrons. The van der Waals surface area contributed by atoms with Gasteiger partial charge in [0.05, 0.1) is 12.6 Å². The van der Waals surface area contributed by atoms with E-state index in [1.807, 2.05) is 18.7 Å². The summed E-state index contributed by atoms with van der Waals surface area (Å²) in [5.41, 5.74) is 5.74. The van der Waals surface area contributed by atoms with Gasteiger partial charge in [0, 0.05) is 13.1 Å². The lowest BCUT2D eigenvalue weighted by Gasteiger charge is -2.34. The highest BCUT2D eigenvalue weighted by molar-refractivity contribution is 5.87. The van der Waals surface area contributed by atoms with Crippen LogP contribution in [0.25, 0.3) is 0 Å². The molecule has 0 aliphatic carbocycles. The Morgan fingerprint density at radius 2 is 1.75 bits per heavy atom. The quantitative estimate of drug-likeness (QED) is 0.790. The van der Waals surface area contributed by atoms with E-state index < -0.39 is 6.04 Å². The molecule has 0 unspecified atom stereocenters. The van der Waals surface area contributed by atoms with Crippen LogP contribution in [0.2, 0.25) is 0 Å². The fourth-order valence-corrected chi connectivity index (χ4v) is 2.51. The van der Waals surface area contributed by atoms with Crippen LogP contribution in [0.4, 0.5) is 0 Å².